The molecule has 0 aliphatic carbocycles. The van der Waals surface area contributed by atoms with Gasteiger partial charge >= 0.3 is 6.03 Å². The Labute approximate surface area is 149 Å². The number of hydrogen-bond donors (Lipinski definition) is 1. The van der Waals surface area contributed by atoms with Crippen LogP contribution < -0.4 is 10.2 Å². The zero-order valence-corrected chi connectivity index (χ0v) is 14.6. The summed E-state index contributed by atoms with van der Waals surface area (Å²) in [5, 5.41) is 2.23. The lowest BCUT2D eigenvalue weighted by Crippen LogP contribution is -2.54. The fourth-order valence-corrected chi connectivity index (χ4v) is 2.97. The van der Waals surface area contributed by atoms with Gasteiger partial charge in [-0.05, 0) is 48.6 Å². The molecule has 4 amide bonds. The Morgan fingerprint density at radius 3 is 2.32 bits per heavy atom. The minimum Gasteiger partial charge on any atom is -0.273 e. The number of nitrogens with zero attached hydrogens (tertiary/aromatic N) is 1. The van der Waals surface area contributed by atoms with Crippen LogP contribution in [0.15, 0.2) is 59.0 Å². The Bertz CT molecular complexity index is 888. The van der Waals surface area contributed by atoms with E-state index in [0.717, 1.165) is 20.9 Å². The van der Waals surface area contributed by atoms with Gasteiger partial charge in [0, 0.05) is 4.90 Å². The first-order chi connectivity index (χ1) is 12.0. The number of rotatable bonds is 3. The standard InChI is InChI=1S/C19H16N2O3S/c1-12-5-3-4-6-16(12)21-18(23)15(17(22)20-19(21)24)11-13-7-9-14(25-2)10-8-13/h3-11H,1-2H3,(H,20,22,24)/b15-11+. The molecule has 0 bridgehead atoms. The number of para-hydroxylation sites is 1. The van der Waals surface area contributed by atoms with Gasteiger partial charge in [-0.2, -0.15) is 0 Å². The van der Waals surface area contributed by atoms with E-state index >= 15 is 0 Å². The van der Waals surface area contributed by atoms with Gasteiger partial charge in [0.05, 0.1) is 5.69 Å². The number of barbiturate groups is 1. The van der Waals surface area contributed by atoms with Gasteiger partial charge in [0.15, 0.2) is 0 Å². The molecule has 2 aromatic carbocycles. The smallest absolute Gasteiger partial charge is 0.273 e. The third kappa shape index (κ3) is 3.34. The van der Waals surface area contributed by atoms with Crippen molar-refractivity contribution < 1.29 is 14.4 Å². The average Bonchev–Trinajstić information content (AvgIpc) is 2.60. The first kappa shape index (κ1) is 17.0. The molecule has 0 aromatic heterocycles. The number of benzene rings is 2. The monoisotopic (exact) mass is 352 g/mol. The Kier molecular flexibility index (Phi) is 4.72. The minimum absolute atomic E-state index is 0.0697. The Morgan fingerprint density at radius 1 is 1.00 bits per heavy atom. The lowest BCUT2D eigenvalue weighted by atomic mass is 10.1. The van der Waals surface area contributed by atoms with Crippen LogP contribution in [0, 0.1) is 6.92 Å². The number of hydrogen-bond acceptors (Lipinski definition) is 4. The summed E-state index contributed by atoms with van der Waals surface area (Å²) < 4.78 is 0. The molecule has 0 radical (unpaired) electrons. The summed E-state index contributed by atoms with van der Waals surface area (Å²) in [7, 11) is 0. The molecule has 1 N–H and O–H groups in total. The maximum absolute atomic E-state index is 12.8. The molecule has 1 aliphatic rings. The maximum Gasteiger partial charge on any atom is 0.335 e. The van der Waals surface area contributed by atoms with Crippen molar-refractivity contribution in [2.45, 2.75) is 11.8 Å². The van der Waals surface area contributed by atoms with Gasteiger partial charge in [-0.3, -0.25) is 14.9 Å². The lowest BCUT2D eigenvalue weighted by Gasteiger charge is -2.27. The van der Waals surface area contributed by atoms with Crippen molar-refractivity contribution in [1.82, 2.24) is 5.32 Å². The second-order valence-electron chi connectivity index (χ2n) is 5.52. The molecule has 0 saturated carbocycles. The summed E-state index contributed by atoms with van der Waals surface area (Å²) in [6.45, 7) is 1.80. The van der Waals surface area contributed by atoms with Crippen molar-refractivity contribution in [3.63, 3.8) is 0 Å². The molecular weight excluding hydrogens is 336 g/mol. The van der Waals surface area contributed by atoms with E-state index in [1.54, 1.807) is 36.9 Å². The molecule has 25 heavy (non-hydrogen) atoms. The van der Waals surface area contributed by atoms with Gasteiger partial charge in [-0.15, -0.1) is 11.8 Å². The topological polar surface area (TPSA) is 66.5 Å². The quantitative estimate of drug-likeness (QED) is 0.522. The third-order valence-corrected chi connectivity index (χ3v) is 4.63. The molecule has 1 aliphatic heterocycles. The number of carbonyl (C=O) groups is 3. The van der Waals surface area contributed by atoms with Crippen LogP contribution in [0.4, 0.5) is 10.5 Å². The van der Waals surface area contributed by atoms with Crippen LogP contribution in [0.5, 0.6) is 0 Å². The van der Waals surface area contributed by atoms with E-state index in [1.165, 1.54) is 6.08 Å². The average molecular weight is 352 g/mol. The molecule has 1 saturated heterocycles. The summed E-state index contributed by atoms with van der Waals surface area (Å²) in [5.74, 6) is -1.31. The molecule has 126 valence electrons. The Hall–Kier alpha value is -2.86. The number of anilines is 1. The predicted molar refractivity (Wildman–Crippen MR) is 98.4 cm³/mol. The van der Waals surface area contributed by atoms with Gasteiger partial charge in [0.2, 0.25) is 0 Å². The summed E-state index contributed by atoms with van der Waals surface area (Å²) in [6.07, 6.45) is 3.47. The lowest BCUT2D eigenvalue weighted by molar-refractivity contribution is -0.122. The second kappa shape index (κ2) is 6.94. The van der Waals surface area contributed by atoms with E-state index in [0.29, 0.717) is 5.69 Å². The number of urea groups is 1. The third-order valence-electron chi connectivity index (χ3n) is 3.88. The molecule has 1 heterocycles. The first-order valence-corrected chi connectivity index (χ1v) is 8.85. The largest absolute Gasteiger partial charge is 0.335 e. The highest BCUT2D eigenvalue weighted by molar-refractivity contribution is 7.98. The van der Waals surface area contributed by atoms with Crippen LogP contribution in [-0.2, 0) is 9.59 Å². The normalized spacial score (nSPS) is 16.3. The highest BCUT2D eigenvalue weighted by Crippen LogP contribution is 2.25. The predicted octanol–water partition coefficient (Wildman–Crippen LogP) is 3.38. The molecular formula is C19H16N2O3S. The van der Waals surface area contributed by atoms with Crippen molar-refractivity contribution in [3.05, 3.63) is 65.2 Å². The number of carbonyl (C=O) groups excluding carboxylic acids is 3. The first-order valence-electron chi connectivity index (χ1n) is 7.62. The van der Waals surface area contributed by atoms with E-state index in [2.05, 4.69) is 5.32 Å². The molecule has 6 heteroatoms. The number of amides is 4. The van der Waals surface area contributed by atoms with Gasteiger partial charge in [0.25, 0.3) is 11.8 Å². The molecule has 0 atom stereocenters. The fraction of sp³-hybridized carbons (Fsp3) is 0.105. The summed E-state index contributed by atoms with van der Waals surface area (Å²) in [4.78, 5) is 39.2. The van der Waals surface area contributed by atoms with E-state index in [-0.39, 0.29) is 5.57 Å². The van der Waals surface area contributed by atoms with Crippen LogP contribution in [0.2, 0.25) is 0 Å². The highest BCUT2D eigenvalue weighted by Gasteiger charge is 2.37. The SMILES string of the molecule is CSc1ccc(/C=C2\C(=O)NC(=O)N(c3ccccc3C)C2=O)cc1. The Morgan fingerprint density at radius 2 is 1.68 bits per heavy atom. The Balaban J connectivity index is 2.00. The van der Waals surface area contributed by atoms with E-state index in [9.17, 15) is 14.4 Å². The van der Waals surface area contributed by atoms with Crippen molar-refractivity contribution in [1.29, 1.82) is 0 Å². The van der Waals surface area contributed by atoms with Crippen LogP contribution >= 0.6 is 11.8 Å². The van der Waals surface area contributed by atoms with Crippen molar-refractivity contribution >= 4 is 41.4 Å². The van der Waals surface area contributed by atoms with Crippen molar-refractivity contribution in [3.8, 4) is 0 Å². The van der Waals surface area contributed by atoms with Crippen molar-refractivity contribution in [2.24, 2.45) is 0 Å². The zero-order chi connectivity index (χ0) is 18.0. The van der Waals surface area contributed by atoms with Crippen LogP contribution in [0.3, 0.4) is 0 Å². The molecule has 5 nitrogen and oxygen atoms in total. The van der Waals surface area contributed by atoms with E-state index in [1.807, 2.05) is 36.6 Å². The summed E-state index contributed by atoms with van der Waals surface area (Å²) >= 11 is 1.60. The highest BCUT2D eigenvalue weighted by atomic mass is 32.2. The maximum atomic E-state index is 12.8. The molecule has 3 rings (SSSR count). The van der Waals surface area contributed by atoms with Crippen LogP contribution in [0.1, 0.15) is 11.1 Å². The number of nitrogens with one attached hydrogen (secondary N) is 1. The van der Waals surface area contributed by atoms with Crippen LogP contribution in [-0.4, -0.2) is 24.1 Å². The summed E-state index contributed by atoms with van der Waals surface area (Å²) in [6, 6.07) is 13.8. The number of aryl methyl sites for hydroxylation is 1. The second-order valence-corrected chi connectivity index (χ2v) is 6.40. The number of imide groups is 2. The summed E-state index contributed by atoms with van der Waals surface area (Å²) in [5.41, 5.74) is 1.88. The van der Waals surface area contributed by atoms with E-state index in [4.69, 9.17) is 0 Å². The van der Waals surface area contributed by atoms with Gasteiger partial charge < -0.3 is 0 Å². The van der Waals surface area contributed by atoms with Crippen LogP contribution in [0.25, 0.3) is 6.08 Å². The van der Waals surface area contributed by atoms with Gasteiger partial charge in [-0.25, -0.2) is 9.69 Å². The van der Waals surface area contributed by atoms with Gasteiger partial charge in [0.1, 0.15) is 5.57 Å². The molecule has 0 spiro atoms. The van der Waals surface area contributed by atoms with Gasteiger partial charge in [-0.1, -0.05) is 30.3 Å². The molecule has 0 unspecified atom stereocenters. The fourth-order valence-electron chi connectivity index (χ4n) is 2.56. The number of thioether (sulfide) groups is 1. The minimum atomic E-state index is -0.737. The zero-order valence-electron chi connectivity index (χ0n) is 13.8. The van der Waals surface area contributed by atoms with Crippen molar-refractivity contribution in [2.75, 3.05) is 11.2 Å². The molecule has 1 fully saturated rings. The van der Waals surface area contributed by atoms with E-state index < -0.39 is 17.8 Å². The molecule has 2 aromatic rings.